The second-order valence-corrected chi connectivity index (χ2v) is 14.5. The Morgan fingerprint density at radius 3 is 2.43 bits per heavy atom. The van der Waals surface area contributed by atoms with Gasteiger partial charge in [0.2, 0.25) is 11.4 Å². The van der Waals surface area contributed by atoms with Gasteiger partial charge in [-0.3, -0.25) is 0 Å². The predicted molar refractivity (Wildman–Crippen MR) is 125 cm³/mol. The summed E-state index contributed by atoms with van der Waals surface area (Å²) in [6.45, 7) is 13.9. The lowest BCUT2D eigenvalue weighted by Crippen LogP contribution is -2.47. The van der Waals surface area contributed by atoms with Crippen molar-refractivity contribution >= 4 is 35.3 Å². The van der Waals surface area contributed by atoms with Crippen molar-refractivity contribution in [3.05, 3.63) is 53.3 Å². The molecule has 0 fully saturated rings. The van der Waals surface area contributed by atoms with E-state index in [0.29, 0.717) is 17.3 Å². The van der Waals surface area contributed by atoms with Gasteiger partial charge in [-0.05, 0) is 36.1 Å². The van der Waals surface area contributed by atoms with Gasteiger partial charge in [0.25, 0.3) is 0 Å². The summed E-state index contributed by atoms with van der Waals surface area (Å²) in [4.78, 5) is 4.38. The molecule has 0 aliphatic carbocycles. The highest BCUT2D eigenvalue weighted by molar-refractivity contribution is 6.89. The Morgan fingerprint density at radius 2 is 1.80 bits per heavy atom. The first-order chi connectivity index (χ1) is 14.1. The van der Waals surface area contributed by atoms with Crippen LogP contribution < -0.4 is 9.75 Å². The first kappa shape index (κ1) is 20.3. The molecule has 0 unspecified atom stereocenters. The molecule has 3 aromatic heterocycles. The minimum absolute atomic E-state index is 0.368. The van der Waals surface area contributed by atoms with Crippen LogP contribution in [0.25, 0.3) is 33.3 Å². The maximum Gasteiger partial charge on any atom is 0.228 e. The first-order valence-corrected chi connectivity index (χ1v) is 13.9. The van der Waals surface area contributed by atoms with Crippen molar-refractivity contribution in [3.8, 4) is 17.3 Å². The summed E-state index contributed by atoms with van der Waals surface area (Å²) in [5.41, 5.74) is 6.53. The van der Waals surface area contributed by atoms with Crippen LogP contribution in [-0.2, 0) is 7.05 Å². The molecule has 0 spiro atoms. The average molecular weight is 415 g/mol. The second-order valence-electron chi connectivity index (χ2n) is 9.44. The molecule has 152 valence electrons. The van der Waals surface area contributed by atoms with Crippen LogP contribution in [0.15, 0.2) is 40.9 Å². The van der Waals surface area contributed by atoms with Crippen LogP contribution in [0.1, 0.15) is 36.6 Å². The summed E-state index contributed by atoms with van der Waals surface area (Å²) in [5, 5.41) is 12.7. The fourth-order valence-electron chi connectivity index (χ4n) is 4.22. The van der Waals surface area contributed by atoms with Gasteiger partial charge in [-0.25, -0.2) is 9.55 Å². The maximum absolute atomic E-state index is 9.20. The summed E-state index contributed by atoms with van der Waals surface area (Å²) in [7, 11) is 0.636. The molecule has 0 atom stereocenters. The molecule has 0 saturated carbocycles. The summed E-state index contributed by atoms with van der Waals surface area (Å²) >= 11 is 0. The summed E-state index contributed by atoms with van der Waals surface area (Å²) < 4.78 is 8.49. The number of nitriles is 1. The Bertz CT molecular complexity index is 1340. The second kappa shape index (κ2) is 7.07. The first-order valence-electron chi connectivity index (χ1n) is 10.4. The highest BCUT2D eigenvalue weighted by Gasteiger charge is 2.29. The Morgan fingerprint density at radius 1 is 1.10 bits per heavy atom. The Labute approximate surface area is 178 Å². The van der Waals surface area contributed by atoms with Crippen molar-refractivity contribution < 1.29 is 8.98 Å². The molecule has 30 heavy (non-hydrogen) atoms. The van der Waals surface area contributed by atoms with Gasteiger partial charge in [0, 0.05) is 22.0 Å². The van der Waals surface area contributed by atoms with Gasteiger partial charge >= 0.3 is 0 Å². The zero-order valence-electron chi connectivity index (χ0n) is 18.8. The van der Waals surface area contributed by atoms with Crippen LogP contribution in [0.2, 0.25) is 19.6 Å². The van der Waals surface area contributed by atoms with Crippen molar-refractivity contribution in [3.63, 3.8) is 0 Å². The molecule has 5 heteroatoms. The summed E-state index contributed by atoms with van der Waals surface area (Å²) in [6, 6.07) is 12.4. The predicted octanol–water partition coefficient (Wildman–Crippen LogP) is 5.32. The minimum Gasteiger partial charge on any atom is -0.437 e. The van der Waals surface area contributed by atoms with E-state index in [0.717, 1.165) is 33.2 Å². The van der Waals surface area contributed by atoms with Crippen LogP contribution in [-0.4, -0.2) is 13.1 Å². The smallest absolute Gasteiger partial charge is 0.228 e. The van der Waals surface area contributed by atoms with Crippen LogP contribution in [0.4, 0.5) is 0 Å². The number of benzene rings is 1. The van der Waals surface area contributed by atoms with Crippen molar-refractivity contribution in [2.45, 2.75) is 46.3 Å². The molecule has 0 N–H and O–H groups in total. The molecule has 0 amide bonds. The minimum atomic E-state index is -1.49. The molecule has 3 heterocycles. The molecular formula is C25H28N3OSi+. The van der Waals surface area contributed by atoms with Gasteiger partial charge in [0.15, 0.2) is 11.8 Å². The van der Waals surface area contributed by atoms with E-state index in [9.17, 15) is 5.26 Å². The highest BCUT2D eigenvalue weighted by atomic mass is 28.3. The standard InChI is InChI=1S/C25H28N3OSi/c1-15(2)20-12-21(28(4)14-22(20)30(5,6)7)23-16(3)8-10-18-19-11-9-17(13-26)27-25(19)29-24(18)23/h8-12,14-15H,1-7H3/q+1. The quantitative estimate of drug-likeness (QED) is 0.337. The molecule has 4 rings (SSSR count). The average Bonchev–Trinajstić information content (AvgIpc) is 3.04. The van der Waals surface area contributed by atoms with Crippen LogP contribution >= 0.6 is 0 Å². The van der Waals surface area contributed by atoms with Crippen LogP contribution in [0.3, 0.4) is 0 Å². The third kappa shape index (κ3) is 3.22. The highest BCUT2D eigenvalue weighted by Crippen LogP contribution is 2.36. The van der Waals surface area contributed by atoms with E-state index in [1.807, 2.05) is 6.07 Å². The van der Waals surface area contributed by atoms with E-state index in [2.05, 4.69) is 87.5 Å². The summed E-state index contributed by atoms with van der Waals surface area (Å²) in [6.07, 6.45) is 2.32. The topological polar surface area (TPSA) is 53.7 Å². The third-order valence-electron chi connectivity index (χ3n) is 5.82. The number of pyridine rings is 2. The number of fused-ring (bicyclic) bond motifs is 3. The van der Waals surface area contributed by atoms with E-state index in [-0.39, 0.29) is 0 Å². The number of hydrogen-bond donors (Lipinski definition) is 0. The number of aromatic nitrogens is 2. The lowest BCUT2D eigenvalue weighted by molar-refractivity contribution is -0.659. The fourth-order valence-corrected chi connectivity index (χ4v) is 6.02. The van der Waals surface area contributed by atoms with Gasteiger partial charge in [-0.15, -0.1) is 0 Å². The third-order valence-corrected chi connectivity index (χ3v) is 7.86. The fraction of sp³-hybridized carbons (Fsp3) is 0.320. The van der Waals surface area contributed by atoms with Crippen molar-refractivity contribution in [1.82, 2.24) is 4.98 Å². The molecule has 4 aromatic rings. The molecular weight excluding hydrogens is 386 g/mol. The molecule has 0 aliphatic heterocycles. The van der Waals surface area contributed by atoms with Gasteiger partial charge in [0.05, 0.1) is 13.6 Å². The van der Waals surface area contributed by atoms with E-state index in [1.54, 1.807) is 6.07 Å². The summed E-state index contributed by atoms with van der Waals surface area (Å²) in [5.74, 6) is 0.446. The van der Waals surface area contributed by atoms with Gasteiger partial charge in [-0.2, -0.15) is 5.26 Å². The lowest BCUT2D eigenvalue weighted by atomic mass is 9.97. The van der Waals surface area contributed by atoms with Crippen molar-refractivity contribution in [2.24, 2.45) is 7.05 Å². The molecule has 1 aromatic carbocycles. The van der Waals surface area contributed by atoms with Gasteiger partial charge in [0.1, 0.15) is 18.8 Å². The SMILES string of the molecule is Cc1ccc2c(oc3nc(C#N)ccc32)c1-c1cc(C(C)C)c([Si](C)(C)C)c[n+]1C. The molecule has 0 aliphatic rings. The Kier molecular flexibility index (Phi) is 4.78. The van der Waals surface area contributed by atoms with Crippen LogP contribution in [0, 0.1) is 18.3 Å². The Balaban J connectivity index is 2.07. The van der Waals surface area contributed by atoms with E-state index >= 15 is 0 Å². The van der Waals surface area contributed by atoms with E-state index < -0.39 is 8.07 Å². The molecule has 0 bridgehead atoms. The normalized spacial score (nSPS) is 12.1. The lowest BCUT2D eigenvalue weighted by Gasteiger charge is -2.22. The van der Waals surface area contributed by atoms with Gasteiger partial charge in [-0.1, -0.05) is 45.6 Å². The van der Waals surface area contributed by atoms with Gasteiger partial charge < -0.3 is 4.42 Å². The number of nitrogens with zero attached hydrogens (tertiary/aromatic N) is 3. The Hall–Kier alpha value is -2.97. The zero-order chi connectivity index (χ0) is 21.8. The maximum atomic E-state index is 9.20. The zero-order valence-corrected chi connectivity index (χ0v) is 19.8. The molecule has 0 radical (unpaired) electrons. The number of hydrogen-bond acceptors (Lipinski definition) is 3. The monoisotopic (exact) mass is 414 g/mol. The molecule has 0 saturated heterocycles. The van der Waals surface area contributed by atoms with Crippen LogP contribution in [0.5, 0.6) is 0 Å². The largest absolute Gasteiger partial charge is 0.437 e. The number of rotatable bonds is 3. The van der Waals surface area contributed by atoms with E-state index in [4.69, 9.17) is 4.42 Å². The number of aryl methyl sites for hydroxylation is 2. The van der Waals surface area contributed by atoms with Crippen molar-refractivity contribution in [1.29, 1.82) is 5.26 Å². The van der Waals surface area contributed by atoms with Crippen molar-refractivity contribution in [2.75, 3.05) is 0 Å². The number of furan rings is 1. The molecule has 4 nitrogen and oxygen atoms in total. The van der Waals surface area contributed by atoms with E-state index in [1.165, 1.54) is 10.8 Å².